The highest BCUT2D eigenvalue weighted by atomic mass is 19.3. The van der Waals surface area contributed by atoms with Crippen molar-refractivity contribution in [2.24, 2.45) is 5.73 Å². The number of carbonyl (C=O) groups excluding carboxylic acids is 1. The summed E-state index contributed by atoms with van der Waals surface area (Å²) in [4.78, 5) is 14.0. The third-order valence-corrected chi connectivity index (χ3v) is 3.89. The molecule has 1 aliphatic rings. The van der Waals surface area contributed by atoms with Crippen molar-refractivity contribution in [3.63, 3.8) is 0 Å². The Bertz CT molecular complexity index is 847. The number of nitrogens with one attached hydrogen (secondary N) is 1. The number of para-hydroxylation sites is 1. The number of hydrogen-bond donors (Lipinski definition) is 4. The van der Waals surface area contributed by atoms with Gasteiger partial charge in [-0.2, -0.15) is 0 Å². The quantitative estimate of drug-likeness (QED) is 0.460. The van der Waals surface area contributed by atoms with Crippen LogP contribution in [0.1, 0.15) is 30.2 Å². The minimum absolute atomic E-state index is 0.159. The van der Waals surface area contributed by atoms with Crippen LogP contribution in [0.15, 0.2) is 43.0 Å². The summed E-state index contributed by atoms with van der Waals surface area (Å²) >= 11 is 0. The Morgan fingerprint density at radius 3 is 2.41 bits per heavy atom. The monoisotopic (exact) mass is 406 g/mol. The highest BCUT2D eigenvalue weighted by Crippen LogP contribution is 2.25. The molecule has 1 aliphatic heterocycles. The van der Waals surface area contributed by atoms with Crippen LogP contribution >= 0.6 is 0 Å². The molecule has 1 saturated heterocycles. The van der Waals surface area contributed by atoms with Crippen LogP contribution < -0.4 is 11.5 Å². The standard InChI is InChI=1S/C13H15N3O.C5H7F2NO.C3H6/c1-8-6-9(13(15)16-8)7-11(14)10-4-2-3-5-12(10)17;6-5(7)1-2-8(3-5)4-9;1-3-2/h2-7,16-17H,14-15H2,1H3;4H,1-3H2;3H,1H2,2H3/b11-7-;;. The number of nitrogen functional groups attached to an aromatic ring is 1. The van der Waals surface area contributed by atoms with Gasteiger partial charge in [0.25, 0.3) is 5.92 Å². The number of allylic oxidation sites excluding steroid dienone is 1. The van der Waals surface area contributed by atoms with E-state index in [1.165, 1.54) is 0 Å². The second-order valence-electron chi connectivity index (χ2n) is 6.53. The minimum Gasteiger partial charge on any atom is -0.507 e. The predicted octanol–water partition coefficient (Wildman–Crippen LogP) is 3.74. The van der Waals surface area contributed by atoms with Gasteiger partial charge in [-0.05, 0) is 38.1 Å². The number of phenols is 1. The van der Waals surface area contributed by atoms with Crippen molar-refractivity contribution in [1.82, 2.24) is 9.88 Å². The Morgan fingerprint density at radius 2 is 2.00 bits per heavy atom. The SMILES string of the molecule is C=CC.Cc1cc(/C=C(\N)c2ccccc2O)c(N)[nH]1.O=CN1CCC(F)(F)C1. The molecule has 1 amide bonds. The zero-order chi connectivity index (χ0) is 22.0. The molecule has 29 heavy (non-hydrogen) atoms. The molecule has 1 aromatic carbocycles. The number of alkyl halides is 2. The number of likely N-dealkylation sites (tertiary alicyclic amines) is 1. The number of aromatic amines is 1. The van der Waals surface area contributed by atoms with Crippen molar-refractivity contribution in [3.8, 4) is 5.75 Å². The summed E-state index contributed by atoms with van der Waals surface area (Å²) in [5.41, 5.74) is 14.6. The molecule has 2 aromatic rings. The fourth-order valence-corrected chi connectivity index (χ4v) is 2.57. The molecule has 158 valence electrons. The maximum Gasteiger partial charge on any atom is 0.267 e. The summed E-state index contributed by atoms with van der Waals surface area (Å²) in [6.45, 7) is 6.96. The number of aryl methyl sites for hydroxylation is 1. The molecule has 3 rings (SSSR count). The lowest BCUT2D eigenvalue weighted by molar-refractivity contribution is -0.118. The predicted molar refractivity (Wildman–Crippen MR) is 113 cm³/mol. The van der Waals surface area contributed by atoms with E-state index in [2.05, 4.69) is 11.6 Å². The van der Waals surface area contributed by atoms with E-state index in [1.807, 2.05) is 26.0 Å². The lowest BCUT2D eigenvalue weighted by atomic mass is 10.1. The average Bonchev–Trinajstić information content (AvgIpc) is 3.17. The second-order valence-corrected chi connectivity index (χ2v) is 6.53. The van der Waals surface area contributed by atoms with E-state index in [-0.39, 0.29) is 18.7 Å². The van der Waals surface area contributed by atoms with Crippen molar-refractivity contribution < 1.29 is 18.7 Å². The lowest BCUT2D eigenvalue weighted by Gasteiger charge is -2.07. The largest absolute Gasteiger partial charge is 0.507 e. The first-order chi connectivity index (χ1) is 13.6. The number of rotatable bonds is 3. The highest BCUT2D eigenvalue weighted by molar-refractivity contribution is 5.84. The van der Waals surface area contributed by atoms with E-state index in [0.717, 1.165) is 16.2 Å². The van der Waals surface area contributed by atoms with Gasteiger partial charge in [0.2, 0.25) is 6.41 Å². The molecule has 6 N–H and O–H groups in total. The Hall–Kier alpha value is -3.29. The molecule has 0 unspecified atom stereocenters. The summed E-state index contributed by atoms with van der Waals surface area (Å²) in [5, 5.41) is 9.67. The van der Waals surface area contributed by atoms with E-state index >= 15 is 0 Å². The normalized spacial score (nSPS) is 14.9. The maximum absolute atomic E-state index is 12.2. The first-order valence-electron chi connectivity index (χ1n) is 8.98. The van der Waals surface area contributed by atoms with Gasteiger partial charge in [-0.25, -0.2) is 8.78 Å². The number of aromatic hydroxyl groups is 1. The van der Waals surface area contributed by atoms with Crippen molar-refractivity contribution in [3.05, 3.63) is 59.8 Å². The number of benzene rings is 1. The number of nitrogens with two attached hydrogens (primary N) is 2. The molecule has 0 spiro atoms. The van der Waals surface area contributed by atoms with E-state index in [4.69, 9.17) is 11.5 Å². The third-order valence-electron chi connectivity index (χ3n) is 3.89. The Labute approximate surface area is 169 Å². The number of aromatic nitrogens is 1. The van der Waals surface area contributed by atoms with E-state index in [9.17, 15) is 18.7 Å². The number of H-pyrrole nitrogens is 1. The summed E-state index contributed by atoms with van der Waals surface area (Å²) in [7, 11) is 0. The molecule has 0 radical (unpaired) electrons. The molecule has 0 saturated carbocycles. The number of phenolic OH excluding ortho intramolecular Hbond substituents is 1. The summed E-state index contributed by atoms with van der Waals surface area (Å²) < 4.78 is 24.4. The van der Waals surface area contributed by atoms with Crippen LogP contribution in [0.2, 0.25) is 0 Å². The Kier molecular flexibility index (Phi) is 8.92. The molecular formula is C21H28F2N4O2. The van der Waals surface area contributed by atoms with Crippen molar-refractivity contribution in [1.29, 1.82) is 0 Å². The van der Waals surface area contributed by atoms with Gasteiger partial charge < -0.3 is 26.5 Å². The molecule has 0 atom stereocenters. The van der Waals surface area contributed by atoms with E-state index in [0.29, 0.717) is 23.5 Å². The molecule has 8 heteroatoms. The topological polar surface area (TPSA) is 108 Å². The van der Waals surface area contributed by atoms with Gasteiger partial charge in [-0.15, -0.1) is 6.58 Å². The van der Waals surface area contributed by atoms with Gasteiger partial charge in [0, 0.05) is 35.5 Å². The minimum atomic E-state index is -2.64. The van der Waals surface area contributed by atoms with Crippen LogP contribution in [0.4, 0.5) is 14.6 Å². The molecular weight excluding hydrogens is 378 g/mol. The summed E-state index contributed by atoms with van der Waals surface area (Å²) in [5.74, 6) is -1.91. The fourth-order valence-electron chi connectivity index (χ4n) is 2.57. The van der Waals surface area contributed by atoms with Gasteiger partial charge >= 0.3 is 0 Å². The first-order valence-corrected chi connectivity index (χ1v) is 8.98. The number of nitrogens with zero attached hydrogens (tertiary/aromatic N) is 1. The van der Waals surface area contributed by atoms with Gasteiger partial charge in [-0.1, -0.05) is 18.2 Å². The molecule has 0 aliphatic carbocycles. The molecule has 1 fully saturated rings. The van der Waals surface area contributed by atoms with Gasteiger partial charge in [-0.3, -0.25) is 4.79 Å². The van der Waals surface area contributed by atoms with Crippen molar-refractivity contribution >= 4 is 24.0 Å². The smallest absolute Gasteiger partial charge is 0.267 e. The highest BCUT2D eigenvalue weighted by Gasteiger charge is 2.37. The van der Waals surface area contributed by atoms with E-state index < -0.39 is 12.5 Å². The van der Waals surface area contributed by atoms with Crippen LogP contribution in [-0.2, 0) is 4.79 Å². The summed E-state index contributed by atoms with van der Waals surface area (Å²) in [6, 6.07) is 8.84. The molecule has 1 aromatic heterocycles. The van der Waals surface area contributed by atoms with Crippen LogP contribution in [0, 0.1) is 6.92 Å². The molecule has 6 nitrogen and oxygen atoms in total. The van der Waals surface area contributed by atoms with Gasteiger partial charge in [0.05, 0.1) is 6.54 Å². The van der Waals surface area contributed by atoms with Gasteiger partial charge in [0.15, 0.2) is 0 Å². The lowest BCUT2D eigenvalue weighted by Crippen LogP contribution is -2.23. The molecule has 2 heterocycles. The maximum atomic E-state index is 12.2. The summed E-state index contributed by atoms with van der Waals surface area (Å²) in [6.07, 6.45) is 3.76. The van der Waals surface area contributed by atoms with Crippen LogP contribution in [0.3, 0.4) is 0 Å². The number of anilines is 1. The first kappa shape index (κ1) is 23.7. The number of amides is 1. The van der Waals surface area contributed by atoms with Crippen LogP contribution in [0.5, 0.6) is 5.75 Å². The molecule has 0 bridgehead atoms. The van der Waals surface area contributed by atoms with Crippen molar-refractivity contribution in [2.45, 2.75) is 26.2 Å². The van der Waals surface area contributed by atoms with Crippen molar-refractivity contribution in [2.75, 3.05) is 18.8 Å². The van der Waals surface area contributed by atoms with Crippen LogP contribution in [-0.4, -0.2) is 40.4 Å². The number of carbonyl (C=O) groups is 1. The number of halogens is 2. The van der Waals surface area contributed by atoms with Gasteiger partial charge in [0.1, 0.15) is 11.6 Å². The number of hydrogen-bond acceptors (Lipinski definition) is 4. The van der Waals surface area contributed by atoms with E-state index in [1.54, 1.807) is 30.4 Å². The zero-order valence-electron chi connectivity index (χ0n) is 16.7. The fraction of sp³-hybridized carbons (Fsp3) is 0.286. The second kappa shape index (κ2) is 10.9. The Balaban J connectivity index is 0.000000294. The van der Waals surface area contributed by atoms with Crippen LogP contribution in [0.25, 0.3) is 11.8 Å². The Morgan fingerprint density at radius 1 is 1.38 bits per heavy atom. The zero-order valence-corrected chi connectivity index (χ0v) is 16.7. The average molecular weight is 406 g/mol. The third kappa shape index (κ3) is 7.69.